The number of thioether (sulfide) groups is 1. The fourth-order valence-corrected chi connectivity index (χ4v) is 5.03. The summed E-state index contributed by atoms with van der Waals surface area (Å²) in [6, 6.07) is 7.88. The summed E-state index contributed by atoms with van der Waals surface area (Å²) in [5.74, 6) is 0.654. The summed E-state index contributed by atoms with van der Waals surface area (Å²) in [5.41, 5.74) is 3.25. The molecule has 1 spiro atoms. The van der Waals surface area contributed by atoms with Crippen molar-refractivity contribution in [3.63, 3.8) is 0 Å². The first-order valence-corrected chi connectivity index (χ1v) is 11.0. The molecule has 1 aliphatic carbocycles. The molecule has 2 aliphatic rings. The Morgan fingerprint density at radius 1 is 1.14 bits per heavy atom. The van der Waals surface area contributed by atoms with Crippen LogP contribution in [0.2, 0.25) is 0 Å². The van der Waals surface area contributed by atoms with Gasteiger partial charge in [0.25, 0.3) is 0 Å². The van der Waals surface area contributed by atoms with Gasteiger partial charge in [-0.1, -0.05) is 17.8 Å². The Morgan fingerprint density at radius 3 is 2.45 bits per heavy atom. The highest BCUT2D eigenvalue weighted by molar-refractivity contribution is 7.99. The minimum Gasteiger partial charge on any atom is -0.342 e. The van der Waals surface area contributed by atoms with Gasteiger partial charge in [-0.05, 0) is 67.9 Å². The van der Waals surface area contributed by atoms with E-state index >= 15 is 0 Å². The first-order chi connectivity index (χ1) is 13.9. The summed E-state index contributed by atoms with van der Waals surface area (Å²) in [6.07, 6.45) is 6.09. The van der Waals surface area contributed by atoms with E-state index in [1.165, 1.54) is 11.8 Å². The average molecular weight is 411 g/mol. The Kier molecular flexibility index (Phi) is 5.58. The lowest BCUT2D eigenvalue weighted by Gasteiger charge is -2.32. The first kappa shape index (κ1) is 19.9. The van der Waals surface area contributed by atoms with Crippen molar-refractivity contribution in [3.8, 4) is 0 Å². The zero-order valence-electron chi connectivity index (χ0n) is 16.9. The second-order valence-corrected chi connectivity index (χ2v) is 9.13. The lowest BCUT2D eigenvalue weighted by Crippen LogP contribution is -2.41. The molecule has 1 saturated carbocycles. The van der Waals surface area contributed by atoms with Crippen LogP contribution in [0.3, 0.4) is 0 Å². The molecule has 0 bridgehead atoms. The maximum atomic E-state index is 12.7. The first-order valence-electron chi connectivity index (χ1n) is 10.0. The molecule has 29 heavy (non-hydrogen) atoms. The molecule has 1 N–H and O–H groups in total. The van der Waals surface area contributed by atoms with E-state index in [1.54, 1.807) is 18.5 Å². The average Bonchev–Trinajstić information content (AvgIpc) is 3.40. The number of rotatable bonds is 5. The van der Waals surface area contributed by atoms with Gasteiger partial charge in [0.15, 0.2) is 5.16 Å². The van der Waals surface area contributed by atoms with E-state index in [-0.39, 0.29) is 23.1 Å². The fraction of sp³-hybridized carbons (Fsp3) is 0.455. The largest absolute Gasteiger partial charge is 0.342 e. The molecule has 1 atom stereocenters. The van der Waals surface area contributed by atoms with Crippen molar-refractivity contribution in [3.05, 3.63) is 47.8 Å². The standard InChI is InChI=1S/C22H26N4O2S/c1-15-10-16(2)12-17(11-15)25-20(28)18-13-22(18)4-8-26(9-5-22)19(27)14-29-21-23-6-3-7-24-21/h3,6-7,10-12,18H,4-5,8-9,13-14H2,1-2H3,(H,25,28). The van der Waals surface area contributed by atoms with Crippen molar-refractivity contribution in [2.75, 3.05) is 24.2 Å². The van der Waals surface area contributed by atoms with Gasteiger partial charge in [-0.2, -0.15) is 0 Å². The van der Waals surface area contributed by atoms with Crippen molar-refractivity contribution in [2.45, 2.75) is 38.3 Å². The number of aryl methyl sites for hydroxylation is 2. The van der Waals surface area contributed by atoms with Crippen molar-refractivity contribution in [2.24, 2.45) is 11.3 Å². The van der Waals surface area contributed by atoms with Gasteiger partial charge in [0.05, 0.1) is 5.75 Å². The smallest absolute Gasteiger partial charge is 0.233 e. The molecule has 1 saturated heterocycles. The number of amides is 2. The summed E-state index contributed by atoms with van der Waals surface area (Å²) >= 11 is 1.37. The maximum Gasteiger partial charge on any atom is 0.233 e. The van der Waals surface area contributed by atoms with Crippen LogP contribution in [-0.2, 0) is 9.59 Å². The van der Waals surface area contributed by atoms with Crippen LogP contribution in [-0.4, -0.2) is 45.5 Å². The summed E-state index contributed by atoms with van der Waals surface area (Å²) in [7, 11) is 0. The number of hydrogen-bond acceptors (Lipinski definition) is 5. The fourth-order valence-electron chi connectivity index (χ4n) is 4.33. The number of anilines is 1. The van der Waals surface area contributed by atoms with E-state index in [4.69, 9.17) is 0 Å². The van der Waals surface area contributed by atoms with Crippen LogP contribution in [0.1, 0.15) is 30.4 Å². The molecule has 7 heteroatoms. The molecule has 2 heterocycles. The molecule has 152 valence electrons. The molecule has 1 aliphatic heterocycles. The second kappa shape index (κ2) is 8.14. The van der Waals surface area contributed by atoms with Crippen LogP contribution < -0.4 is 5.32 Å². The van der Waals surface area contributed by atoms with Crippen molar-refractivity contribution < 1.29 is 9.59 Å². The quantitative estimate of drug-likeness (QED) is 0.604. The summed E-state index contributed by atoms with van der Waals surface area (Å²) in [4.78, 5) is 35.4. The van der Waals surface area contributed by atoms with Crippen molar-refractivity contribution in [1.82, 2.24) is 14.9 Å². The van der Waals surface area contributed by atoms with Crippen LogP contribution in [0.4, 0.5) is 5.69 Å². The van der Waals surface area contributed by atoms with E-state index in [2.05, 4.69) is 21.4 Å². The SMILES string of the molecule is Cc1cc(C)cc(NC(=O)C2CC23CCN(C(=O)CSc2ncccn2)CC3)c1. The minimum absolute atomic E-state index is 0.0627. The monoisotopic (exact) mass is 410 g/mol. The van der Waals surface area contributed by atoms with E-state index in [9.17, 15) is 9.59 Å². The van der Waals surface area contributed by atoms with Crippen LogP contribution in [0.15, 0.2) is 41.8 Å². The molecule has 6 nitrogen and oxygen atoms in total. The number of nitrogens with one attached hydrogen (secondary N) is 1. The molecular formula is C22H26N4O2S. The zero-order chi connectivity index (χ0) is 20.4. The van der Waals surface area contributed by atoms with E-state index in [0.29, 0.717) is 10.9 Å². The minimum atomic E-state index is 0.0627. The van der Waals surface area contributed by atoms with Gasteiger partial charge in [-0.15, -0.1) is 0 Å². The molecule has 2 fully saturated rings. The molecular weight excluding hydrogens is 384 g/mol. The molecule has 1 aromatic carbocycles. The molecule has 1 aromatic heterocycles. The molecule has 1 unspecified atom stereocenters. The topological polar surface area (TPSA) is 75.2 Å². The van der Waals surface area contributed by atoms with Crippen LogP contribution in [0.5, 0.6) is 0 Å². The number of carbonyl (C=O) groups excluding carboxylic acids is 2. The Labute approximate surface area is 175 Å². The highest BCUT2D eigenvalue weighted by atomic mass is 32.2. The number of hydrogen-bond donors (Lipinski definition) is 1. The number of piperidine rings is 1. The number of carbonyl (C=O) groups is 2. The van der Waals surface area contributed by atoms with Gasteiger partial charge in [0.2, 0.25) is 11.8 Å². The van der Waals surface area contributed by atoms with E-state index in [0.717, 1.165) is 49.2 Å². The van der Waals surface area contributed by atoms with Crippen molar-refractivity contribution >= 4 is 29.3 Å². The predicted molar refractivity (Wildman–Crippen MR) is 114 cm³/mol. The molecule has 2 aromatic rings. The third-order valence-corrected chi connectivity index (χ3v) is 6.83. The highest BCUT2D eigenvalue weighted by Gasteiger charge is 2.58. The van der Waals surface area contributed by atoms with E-state index in [1.807, 2.05) is 30.9 Å². The lowest BCUT2D eigenvalue weighted by molar-refractivity contribution is -0.130. The Hall–Kier alpha value is -2.41. The second-order valence-electron chi connectivity index (χ2n) is 8.19. The van der Waals surface area contributed by atoms with Crippen LogP contribution in [0, 0.1) is 25.2 Å². The third kappa shape index (κ3) is 4.61. The van der Waals surface area contributed by atoms with Gasteiger partial charge < -0.3 is 10.2 Å². The number of aromatic nitrogens is 2. The summed E-state index contributed by atoms with van der Waals surface area (Å²) in [6.45, 7) is 5.52. The molecule has 2 amide bonds. The summed E-state index contributed by atoms with van der Waals surface area (Å²) < 4.78 is 0. The molecule has 4 rings (SSSR count). The lowest BCUT2D eigenvalue weighted by atomic mass is 9.90. The van der Waals surface area contributed by atoms with Gasteiger partial charge in [0.1, 0.15) is 0 Å². The Morgan fingerprint density at radius 2 is 1.79 bits per heavy atom. The zero-order valence-corrected chi connectivity index (χ0v) is 17.7. The number of likely N-dealkylation sites (tertiary alicyclic amines) is 1. The van der Waals surface area contributed by atoms with Gasteiger partial charge in [0, 0.05) is 37.1 Å². The maximum absolute atomic E-state index is 12.7. The third-order valence-electron chi connectivity index (χ3n) is 5.97. The van der Waals surface area contributed by atoms with E-state index < -0.39 is 0 Å². The Bertz CT molecular complexity index is 890. The van der Waals surface area contributed by atoms with Gasteiger partial charge in [-0.25, -0.2) is 9.97 Å². The van der Waals surface area contributed by atoms with Gasteiger partial charge >= 0.3 is 0 Å². The normalized spacial score (nSPS) is 19.8. The van der Waals surface area contributed by atoms with Crippen molar-refractivity contribution in [1.29, 1.82) is 0 Å². The molecule has 0 radical (unpaired) electrons. The van der Waals surface area contributed by atoms with Crippen LogP contribution in [0.25, 0.3) is 0 Å². The Balaban J connectivity index is 1.26. The number of benzene rings is 1. The predicted octanol–water partition coefficient (Wildman–Crippen LogP) is 3.45. The number of nitrogens with zero attached hydrogens (tertiary/aromatic N) is 3. The van der Waals surface area contributed by atoms with Gasteiger partial charge in [-0.3, -0.25) is 9.59 Å². The summed E-state index contributed by atoms with van der Waals surface area (Å²) in [5, 5.41) is 3.72. The van der Waals surface area contributed by atoms with Crippen LogP contribution >= 0.6 is 11.8 Å². The highest BCUT2D eigenvalue weighted by Crippen LogP contribution is 2.59.